The highest BCUT2D eigenvalue weighted by molar-refractivity contribution is 5.78. The average Bonchev–Trinajstić information content (AvgIpc) is 3.11. The minimum Gasteiger partial charge on any atom is -0.419 e. The minimum absolute atomic E-state index is 0.121. The summed E-state index contributed by atoms with van der Waals surface area (Å²) in [5, 5.41) is 10.7. The highest BCUT2D eigenvalue weighted by atomic mass is 19.1. The lowest BCUT2D eigenvalue weighted by atomic mass is 10.0. The number of carbonyl (C=O) groups is 1. The normalized spacial score (nSPS) is 11.9. The van der Waals surface area contributed by atoms with E-state index in [9.17, 15) is 9.18 Å². The molecule has 0 saturated carbocycles. The van der Waals surface area contributed by atoms with Gasteiger partial charge in [0.2, 0.25) is 17.7 Å². The molecule has 1 aromatic heterocycles. The minimum atomic E-state index is -0.286. The second kappa shape index (κ2) is 7.70. The van der Waals surface area contributed by atoms with E-state index in [1.165, 1.54) is 12.1 Å². The van der Waals surface area contributed by atoms with Crippen LogP contribution in [0.5, 0.6) is 0 Å². The van der Waals surface area contributed by atoms with Crippen LogP contribution in [0.4, 0.5) is 4.39 Å². The van der Waals surface area contributed by atoms with Gasteiger partial charge in [0.05, 0.1) is 6.54 Å². The van der Waals surface area contributed by atoms with Gasteiger partial charge in [0.15, 0.2) is 0 Å². The second-order valence-corrected chi connectivity index (χ2v) is 5.82. The Labute approximate surface area is 144 Å². The number of benzene rings is 2. The van der Waals surface area contributed by atoms with Crippen molar-refractivity contribution < 1.29 is 13.6 Å². The zero-order valence-corrected chi connectivity index (χ0v) is 13.8. The summed E-state index contributed by atoms with van der Waals surface area (Å²) in [7, 11) is 0. The SMILES string of the molecule is CC(Cc1ccc(F)cc1)C(=O)NCc1nnc(-c2ccccc2)o1. The van der Waals surface area contributed by atoms with Gasteiger partial charge in [-0.1, -0.05) is 37.3 Å². The molecule has 6 heteroatoms. The molecular formula is C19H18FN3O2. The van der Waals surface area contributed by atoms with E-state index in [-0.39, 0.29) is 24.2 Å². The Kier molecular flexibility index (Phi) is 5.18. The van der Waals surface area contributed by atoms with Crippen molar-refractivity contribution in [1.82, 2.24) is 15.5 Å². The fourth-order valence-electron chi connectivity index (χ4n) is 2.43. The maximum Gasteiger partial charge on any atom is 0.247 e. The molecule has 0 fully saturated rings. The van der Waals surface area contributed by atoms with Gasteiger partial charge in [-0.2, -0.15) is 0 Å². The zero-order chi connectivity index (χ0) is 17.6. The first-order valence-electron chi connectivity index (χ1n) is 8.02. The van der Waals surface area contributed by atoms with Crippen LogP contribution in [0.2, 0.25) is 0 Å². The van der Waals surface area contributed by atoms with Crippen LogP contribution in [0.25, 0.3) is 11.5 Å². The first-order chi connectivity index (χ1) is 12.1. The van der Waals surface area contributed by atoms with Crippen molar-refractivity contribution in [1.29, 1.82) is 0 Å². The number of rotatable bonds is 6. The Bertz CT molecular complexity index is 831. The van der Waals surface area contributed by atoms with Crippen molar-refractivity contribution in [3.05, 3.63) is 71.9 Å². The lowest BCUT2D eigenvalue weighted by Crippen LogP contribution is -2.30. The van der Waals surface area contributed by atoms with Crippen LogP contribution >= 0.6 is 0 Å². The van der Waals surface area contributed by atoms with Crippen LogP contribution in [0.3, 0.4) is 0 Å². The quantitative estimate of drug-likeness (QED) is 0.748. The van der Waals surface area contributed by atoms with Crippen molar-refractivity contribution in [3.8, 4) is 11.5 Å². The van der Waals surface area contributed by atoms with Gasteiger partial charge in [-0.05, 0) is 36.2 Å². The molecule has 1 atom stereocenters. The van der Waals surface area contributed by atoms with E-state index < -0.39 is 0 Å². The number of nitrogens with zero attached hydrogens (tertiary/aromatic N) is 2. The van der Waals surface area contributed by atoms with Gasteiger partial charge in [0.1, 0.15) is 5.82 Å². The summed E-state index contributed by atoms with van der Waals surface area (Å²) in [5.74, 6) is 0.114. The summed E-state index contributed by atoms with van der Waals surface area (Å²) in [4.78, 5) is 12.2. The van der Waals surface area contributed by atoms with Crippen molar-refractivity contribution in [2.24, 2.45) is 5.92 Å². The molecule has 3 rings (SSSR count). The van der Waals surface area contributed by atoms with Gasteiger partial charge >= 0.3 is 0 Å². The first-order valence-corrected chi connectivity index (χ1v) is 8.02. The smallest absolute Gasteiger partial charge is 0.247 e. The van der Waals surface area contributed by atoms with Gasteiger partial charge in [-0.25, -0.2) is 4.39 Å². The molecule has 1 N–H and O–H groups in total. The molecule has 2 aromatic carbocycles. The molecular weight excluding hydrogens is 321 g/mol. The Balaban J connectivity index is 1.53. The Morgan fingerprint density at radius 1 is 1.12 bits per heavy atom. The van der Waals surface area contributed by atoms with E-state index in [1.807, 2.05) is 37.3 Å². The Morgan fingerprint density at radius 3 is 2.56 bits per heavy atom. The standard InChI is InChI=1S/C19H18FN3O2/c1-13(11-14-7-9-16(20)10-8-14)18(24)21-12-17-22-23-19(25-17)15-5-3-2-4-6-15/h2-10,13H,11-12H2,1H3,(H,21,24). The van der Waals surface area contributed by atoms with Crippen molar-refractivity contribution in [2.45, 2.75) is 19.9 Å². The molecule has 0 aliphatic carbocycles. The van der Waals surface area contributed by atoms with Crippen LogP contribution in [-0.4, -0.2) is 16.1 Å². The van der Waals surface area contributed by atoms with E-state index in [0.717, 1.165) is 11.1 Å². The number of carbonyl (C=O) groups excluding carboxylic acids is 1. The molecule has 0 bridgehead atoms. The van der Waals surface area contributed by atoms with Gasteiger partial charge in [0, 0.05) is 11.5 Å². The Morgan fingerprint density at radius 2 is 1.84 bits per heavy atom. The van der Waals surface area contributed by atoms with Crippen molar-refractivity contribution in [3.63, 3.8) is 0 Å². The monoisotopic (exact) mass is 339 g/mol. The van der Waals surface area contributed by atoms with Gasteiger partial charge < -0.3 is 9.73 Å². The first kappa shape index (κ1) is 16.8. The van der Waals surface area contributed by atoms with Crippen LogP contribution in [-0.2, 0) is 17.8 Å². The number of amides is 1. The number of hydrogen-bond acceptors (Lipinski definition) is 4. The summed E-state index contributed by atoms with van der Waals surface area (Å²) >= 11 is 0. The van der Waals surface area contributed by atoms with E-state index in [4.69, 9.17) is 4.42 Å². The Hall–Kier alpha value is -3.02. The van der Waals surface area contributed by atoms with E-state index in [1.54, 1.807) is 12.1 Å². The summed E-state index contributed by atoms with van der Waals surface area (Å²) in [6, 6.07) is 15.6. The molecule has 128 valence electrons. The molecule has 0 aliphatic rings. The molecule has 0 saturated heterocycles. The van der Waals surface area contributed by atoms with Gasteiger partial charge in [0.25, 0.3) is 0 Å². The second-order valence-electron chi connectivity index (χ2n) is 5.82. The number of nitrogens with one attached hydrogen (secondary N) is 1. The summed E-state index contributed by atoms with van der Waals surface area (Å²) in [6.07, 6.45) is 0.533. The highest BCUT2D eigenvalue weighted by Crippen LogP contribution is 2.17. The number of aromatic nitrogens is 2. The number of halogens is 1. The molecule has 5 nitrogen and oxygen atoms in total. The third-order valence-corrected chi connectivity index (χ3v) is 3.80. The molecule has 25 heavy (non-hydrogen) atoms. The van der Waals surface area contributed by atoms with Gasteiger partial charge in [-0.3, -0.25) is 4.79 Å². The average molecular weight is 339 g/mol. The molecule has 3 aromatic rings. The fourth-order valence-corrected chi connectivity index (χ4v) is 2.43. The molecule has 1 heterocycles. The predicted octanol–water partition coefficient (Wildman–Crippen LogP) is 3.37. The van der Waals surface area contributed by atoms with Crippen molar-refractivity contribution in [2.75, 3.05) is 0 Å². The lowest BCUT2D eigenvalue weighted by molar-refractivity contribution is -0.124. The van der Waals surface area contributed by atoms with Crippen LogP contribution in [0.1, 0.15) is 18.4 Å². The maximum absolute atomic E-state index is 12.9. The summed E-state index contributed by atoms with van der Waals surface area (Å²) < 4.78 is 18.5. The number of hydrogen-bond donors (Lipinski definition) is 1. The molecule has 0 spiro atoms. The van der Waals surface area contributed by atoms with Crippen LogP contribution in [0, 0.1) is 11.7 Å². The molecule has 0 aliphatic heterocycles. The largest absolute Gasteiger partial charge is 0.419 e. The van der Waals surface area contributed by atoms with Gasteiger partial charge in [-0.15, -0.1) is 10.2 Å². The van der Waals surface area contributed by atoms with E-state index in [0.29, 0.717) is 18.2 Å². The van der Waals surface area contributed by atoms with E-state index in [2.05, 4.69) is 15.5 Å². The predicted molar refractivity (Wildman–Crippen MR) is 90.8 cm³/mol. The molecule has 0 radical (unpaired) electrons. The molecule has 1 unspecified atom stereocenters. The topological polar surface area (TPSA) is 68.0 Å². The molecule has 1 amide bonds. The van der Waals surface area contributed by atoms with E-state index >= 15 is 0 Å². The lowest BCUT2D eigenvalue weighted by Gasteiger charge is -2.11. The zero-order valence-electron chi connectivity index (χ0n) is 13.8. The van der Waals surface area contributed by atoms with Crippen LogP contribution in [0.15, 0.2) is 59.0 Å². The maximum atomic E-state index is 12.9. The summed E-state index contributed by atoms with van der Waals surface area (Å²) in [6.45, 7) is 1.99. The third kappa shape index (κ3) is 4.50. The third-order valence-electron chi connectivity index (χ3n) is 3.80. The summed E-state index contributed by atoms with van der Waals surface area (Å²) in [5.41, 5.74) is 1.74. The highest BCUT2D eigenvalue weighted by Gasteiger charge is 2.15. The van der Waals surface area contributed by atoms with Crippen LogP contribution < -0.4 is 5.32 Å². The van der Waals surface area contributed by atoms with Crippen molar-refractivity contribution >= 4 is 5.91 Å². The fraction of sp³-hybridized carbons (Fsp3) is 0.211.